The standard InChI is InChI=1S/C19H18N2O3.C18H17N3O3.C7H4ClNO.CH4/c1-19(2)14-8-6-7-12(17(22)23-3)13(14)11-21(19)18-20-15-9-4-5-10-16(15)24-18;1-18(2)13-7-5-6-11(16(22)20-23)12(13)10-21(18)17-19-14-8-3-4-9-15(14)24-17;8-7-9-5-3-1-2-4-6(5)10-7;/h4-10H,11H2,1-3H3;3-9,23H,10H2,1-2H3,(H,20,22);1-4H;1H4. The van der Waals surface area contributed by atoms with Crippen LogP contribution in [-0.4, -0.2) is 39.1 Å². The van der Waals surface area contributed by atoms with Gasteiger partial charge in [0.25, 0.3) is 23.3 Å². The summed E-state index contributed by atoms with van der Waals surface area (Å²) in [4.78, 5) is 41.3. The normalized spacial score (nSPS) is 14.4. The second-order valence-electron chi connectivity index (χ2n) is 14.7. The smallest absolute Gasteiger partial charge is 0.338 e. The van der Waals surface area contributed by atoms with E-state index >= 15 is 0 Å². The number of para-hydroxylation sites is 6. The van der Waals surface area contributed by atoms with E-state index in [-0.39, 0.29) is 29.8 Å². The molecule has 10 rings (SSSR count). The summed E-state index contributed by atoms with van der Waals surface area (Å²) in [5.41, 5.74) is 10.6. The first kappa shape index (κ1) is 40.5. The van der Waals surface area contributed by atoms with Crippen LogP contribution in [0.15, 0.2) is 122 Å². The Hall–Kier alpha value is -6.70. The Morgan fingerprint density at radius 2 is 1.07 bits per heavy atom. The molecule has 59 heavy (non-hydrogen) atoms. The van der Waals surface area contributed by atoms with Gasteiger partial charge in [0.2, 0.25) is 0 Å². The molecule has 0 saturated heterocycles. The Labute approximate surface area is 345 Å². The summed E-state index contributed by atoms with van der Waals surface area (Å²) in [5.74, 6) is -0.830. The quantitative estimate of drug-likeness (QED) is 0.0985. The van der Waals surface area contributed by atoms with Crippen molar-refractivity contribution in [1.82, 2.24) is 20.4 Å². The maximum atomic E-state index is 12.1. The lowest BCUT2D eigenvalue weighted by atomic mass is 9.91. The summed E-state index contributed by atoms with van der Waals surface area (Å²) in [6.45, 7) is 9.38. The number of esters is 1. The highest BCUT2D eigenvalue weighted by molar-refractivity contribution is 6.28. The zero-order valence-corrected chi connectivity index (χ0v) is 33.1. The summed E-state index contributed by atoms with van der Waals surface area (Å²) >= 11 is 5.51. The topological polar surface area (TPSA) is 160 Å². The summed E-state index contributed by atoms with van der Waals surface area (Å²) in [7, 11) is 1.40. The number of hydrogen-bond acceptors (Lipinski definition) is 12. The van der Waals surface area contributed by atoms with E-state index in [1.807, 2.05) is 102 Å². The maximum Gasteiger partial charge on any atom is 0.338 e. The van der Waals surface area contributed by atoms with Crippen molar-refractivity contribution in [2.24, 2.45) is 0 Å². The lowest BCUT2D eigenvalue weighted by Gasteiger charge is -2.30. The van der Waals surface area contributed by atoms with Gasteiger partial charge < -0.3 is 27.8 Å². The van der Waals surface area contributed by atoms with Gasteiger partial charge in [0, 0.05) is 18.7 Å². The van der Waals surface area contributed by atoms with E-state index in [2.05, 4.69) is 47.5 Å². The van der Waals surface area contributed by atoms with Crippen LogP contribution in [0.2, 0.25) is 5.35 Å². The van der Waals surface area contributed by atoms with Crippen molar-refractivity contribution in [2.75, 3.05) is 16.9 Å². The van der Waals surface area contributed by atoms with Crippen LogP contribution >= 0.6 is 11.6 Å². The van der Waals surface area contributed by atoms with Crippen LogP contribution in [-0.2, 0) is 28.9 Å². The van der Waals surface area contributed by atoms with Crippen molar-refractivity contribution >= 4 is 68.8 Å². The molecule has 8 aromatic rings. The van der Waals surface area contributed by atoms with Crippen LogP contribution in [0.1, 0.15) is 78.1 Å². The van der Waals surface area contributed by atoms with E-state index in [1.54, 1.807) is 17.6 Å². The number of nitrogens with zero attached hydrogens (tertiary/aromatic N) is 5. The molecule has 0 saturated carbocycles. The number of nitrogens with one attached hydrogen (secondary N) is 1. The molecule has 2 aliphatic rings. The van der Waals surface area contributed by atoms with Crippen molar-refractivity contribution < 1.29 is 32.8 Å². The van der Waals surface area contributed by atoms with Crippen molar-refractivity contribution in [2.45, 2.75) is 59.3 Å². The number of ether oxygens (including phenoxy) is 1. The molecular formula is C45H43ClN6O7. The van der Waals surface area contributed by atoms with E-state index in [0.717, 1.165) is 55.6 Å². The van der Waals surface area contributed by atoms with Crippen LogP contribution in [0, 0.1) is 0 Å². The largest absolute Gasteiger partial charge is 0.465 e. The van der Waals surface area contributed by atoms with Gasteiger partial charge in [-0.1, -0.05) is 68.1 Å². The Bertz CT molecular complexity index is 2570. The first-order valence-corrected chi connectivity index (χ1v) is 18.8. The van der Waals surface area contributed by atoms with E-state index in [1.165, 1.54) is 7.11 Å². The summed E-state index contributed by atoms with van der Waals surface area (Å²) in [6, 6.07) is 35.1. The number of hydrogen-bond donors (Lipinski definition) is 2. The second-order valence-corrected chi connectivity index (χ2v) is 15.1. The van der Waals surface area contributed by atoms with Gasteiger partial charge in [-0.25, -0.2) is 10.3 Å². The number of anilines is 2. The maximum absolute atomic E-state index is 12.1. The first-order valence-electron chi connectivity index (χ1n) is 18.5. The number of hydroxylamine groups is 1. The van der Waals surface area contributed by atoms with E-state index in [4.69, 9.17) is 34.8 Å². The number of methoxy groups -OCH3 is 1. The molecule has 0 spiro atoms. The van der Waals surface area contributed by atoms with Gasteiger partial charge in [-0.05, 0) is 110 Å². The number of fused-ring (bicyclic) bond motifs is 5. The third kappa shape index (κ3) is 7.34. The third-order valence-corrected chi connectivity index (χ3v) is 10.9. The highest BCUT2D eigenvalue weighted by atomic mass is 35.5. The zero-order valence-electron chi connectivity index (χ0n) is 32.3. The number of halogens is 1. The fraction of sp³-hybridized carbons (Fsp3) is 0.222. The molecule has 3 aromatic heterocycles. The molecule has 5 heterocycles. The number of carbonyl (C=O) groups is 2. The number of benzene rings is 5. The van der Waals surface area contributed by atoms with Crippen molar-refractivity contribution in [3.05, 3.63) is 148 Å². The highest BCUT2D eigenvalue weighted by Crippen LogP contribution is 2.45. The van der Waals surface area contributed by atoms with Gasteiger partial charge in [0.15, 0.2) is 16.7 Å². The minimum atomic E-state index is -0.512. The van der Waals surface area contributed by atoms with Crippen LogP contribution in [0.4, 0.5) is 12.0 Å². The van der Waals surface area contributed by atoms with Gasteiger partial charge in [0.1, 0.15) is 16.6 Å². The van der Waals surface area contributed by atoms with Gasteiger partial charge >= 0.3 is 5.97 Å². The molecular weight excluding hydrogens is 772 g/mol. The summed E-state index contributed by atoms with van der Waals surface area (Å²) < 4.78 is 21.8. The third-order valence-electron chi connectivity index (χ3n) is 10.7. The van der Waals surface area contributed by atoms with Crippen LogP contribution in [0.5, 0.6) is 0 Å². The summed E-state index contributed by atoms with van der Waals surface area (Å²) in [5, 5.41) is 9.18. The highest BCUT2D eigenvalue weighted by Gasteiger charge is 2.43. The Morgan fingerprint density at radius 3 is 1.51 bits per heavy atom. The molecule has 0 fully saturated rings. The van der Waals surface area contributed by atoms with Gasteiger partial charge in [0.05, 0.1) is 23.8 Å². The molecule has 5 aromatic carbocycles. The Balaban J connectivity index is 0.000000144. The molecule has 0 radical (unpaired) electrons. The molecule has 0 bridgehead atoms. The fourth-order valence-electron chi connectivity index (χ4n) is 7.65. The lowest BCUT2D eigenvalue weighted by Crippen LogP contribution is -2.35. The average molecular weight is 815 g/mol. The number of oxazole rings is 3. The second kappa shape index (κ2) is 15.9. The van der Waals surface area contributed by atoms with Gasteiger partial charge in [-0.2, -0.15) is 15.0 Å². The zero-order chi connectivity index (χ0) is 40.8. The molecule has 1 amide bonds. The molecule has 2 N–H and O–H groups in total. The Morgan fingerprint density at radius 1 is 0.644 bits per heavy atom. The molecule has 302 valence electrons. The van der Waals surface area contributed by atoms with Crippen molar-refractivity contribution in [3.63, 3.8) is 0 Å². The van der Waals surface area contributed by atoms with Crippen LogP contribution in [0.25, 0.3) is 33.3 Å². The minimum Gasteiger partial charge on any atom is -0.465 e. The number of aromatic nitrogens is 3. The number of amides is 1. The Kier molecular flexibility index (Phi) is 10.9. The molecule has 2 aliphatic heterocycles. The molecule has 13 nitrogen and oxygen atoms in total. The van der Waals surface area contributed by atoms with E-state index in [9.17, 15) is 9.59 Å². The van der Waals surface area contributed by atoms with E-state index < -0.39 is 5.91 Å². The molecule has 14 heteroatoms. The van der Waals surface area contributed by atoms with Gasteiger partial charge in [-0.15, -0.1) is 0 Å². The fourth-order valence-corrected chi connectivity index (χ4v) is 7.82. The van der Waals surface area contributed by atoms with Crippen molar-refractivity contribution in [3.8, 4) is 0 Å². The summed E-state index contributed by atoms with van der Waals surface area (Å²) in [6.07, 6.45) is 0. The van der Waals surface area contributed by atoms with Crippen molar-refractivity contribution in [1.29, 1.82) is 0 Å². The van der Waals surface area contributed by atoms with E-state index in [0.29, 0.717) is 36.2 Å². The van der Waals surface area contributed by atoms with Gasteiger partial charge in [-0.3, -0.25) is 10.0 Å². The molecule has 0 atom stereocenters. The lowest BCUT2D eigenvalue weighted by molar-refractivity contribution is 0.0599. The monoisotopic (exact) mass is 814 g/mol. The van der Waals surface area contributed by atoms with Crippen LogP contribution < -0.4 is 15.3 Å². The predicted octanol–water partition coefficient (Wildman–Crippen LogP) is 10.2. The predicted molar refractivity (Wildman–Crippen MR) is 226 cm³/mol. The average Bonchev–Trinajstić information content (AvgIpc) is 4.05. The molecule has 0 unspecified atom stereocenters. The SMILES string of the molecule is C.CC1(C)c2cccc(C(=O)NO)c2CN1c1nc2ccccc2o1.COC(=O)c1cccc2c1CN(c1nc3ccccc3o1)C2(C)C.Clc1nc2ccccc2o1. The minimum absolute atomic E-state index is 0. The number of rotatable bonds is 4. The van der Waals surface area contributed by atoms with Crippen LogP contribution in [0.3, 0.4) is 0 Å². The first-order chi connectivity index (χ1) is 27.9. The number of carbonyl (C=O) groups excluding carboxylic acids is 2. The molecule has 0 aliphatic carbocycles.